The highest BCUT2D eigenvalue weighted by Gasteiger charge is 2.43. The highest BCUT2D eigenvalue weighted by molar-refractivity contribution is 7.80. The second kappa shape index (κ2) is 7.95. The number of rotatable bonds is 4. The lowest BCUT2D eigenvalue weighted by molar-refractivity contribution is -0.129. The molecule has 0 bridgehead atoms. The van der Waals surface area contributed by atoms with Crippen molar-refractivity contribution in [1.82, 2.24) is 10.2 Å². The Balaban J connectivity index is 1.74. The van der Waals surface area contributed by atoms with Crippen LogP contribution >= 0.6 is 12.2 Å². The van der Waals surface area contributed by atoms with Gasteiger partial charge in [-0.2, -0.15) is 0 Å². The van der Waals surface area contributed by atoms with Gasteiger partial charge in [0.05, 0.1) is 18.0 Å². The molecule has 3 aromatic carbocycles. The van der Waals surface area contributed by atoms with Crippen LogP contribution in [0.4, 0.5) is 0 Å². The Hall–Kier alpha value is -2.98. The maximum atomic E-state index is 13.5. The second-order valence-corrected chi connectivity index (χ2v) is 7.42. The van der Waals surface area contributed by atoms with Gasteiger partial charge in [-0.15, -0.1) is 0 Å². The molecule has 3 nitrogen and oxygen atoms in total. The van der Waals surface area contributed by atoms with Gasteiger partial charge in [-0.05, 0) is 35.8 Å². The van der Waals surface area contributed by atoms with Crippen molar-refractivity contribution in [3.63, 3.8) is 0 Å². The maximum Gasteiger partial charge on any atom is 0.236 e. The van der Waals surface area contributed by atoms with Crippen LogP contribution in [0.1, 0.15) is 41.6 Å². The zero-order valence-electron chi connectivity index (χ0n) is 15.7. The van der Waals surface area contributed by atoms with Crippen LogP contribution in [0, 0.1) is 0 Å². The van der Waals surface area contributed by atoms with Crippen molar-refractivity contribution < 1.29 is 4.79 Å². The fraction of sp³-hybridized carbons (Fsp3) is 0.167. The van der Waals surface area contributed by atoms with Crippen LogP contribution in [-0.2, 0) is 4.79 Å². The van der Waals surface area contributed by atoms with Crippen molar-refractivity contribution in [3.8, 4) is 0 Å². The zero-order valence-corrected chi connectivity index (χ0v) is 16.5. The normalized spacial score (nSPS) is 19.9. The minimum Gasteiger partial charge on any atom is -0.353 e. The predicted molar refractivity (Wildman–Crippen MR) is 116 cm³/mol. The Kier molecular flexibility index (Phi) is 5.22. The van der Waals surface area contributed by atoms with Crippen molar-refractivity contribution in [2.45, 2.75) is 24.9 Å². The van der Waals surface area contributed by atoms with Crippen molar-refractivity contribution in [2.24, 2.45) is 0 Å². The number of hydrogen-bond donors (Lipinski definition) is 1. The van der Waals surface area contributed by atoms with E-state index in [-0.39, 0.29) is 23.9 Å². The molecule has 1 N–H and O–H groups in total. The third-order valence-electron chi connectivity index (χ3n) is 5.30. The number of hydrogen-bond acceptors (Lipinski definition) is 2. The third-order valence-corrected chi connectivity index (χ3v) is 5.61. The van der Waals surface area contributed by atoms with E-state index in [9.17, 15) is 4.79 Å². The molecule has 1 saturated heterocycles. The Morgan fingerprint density at radius 2 is 1.36 bits per heavy atom. The summed E-state index contributed by atoms with van der Waals surface area (Å²) in [6.45, 7) is 1.94. The largest absolute Gasteiger partial charge is 0.353 e. The van der Waals surface area contributed by atoms with E-state index in [2.05, 4.69) is 29.6 Å². The van der Waals surface area contributed by atoms with Gasteiger partial charge in [0, 0.05) is 0 Å². The van der Waals surface area contributed by atoms with Crippen LogP contribution < -0.4 is 5.32 Å². The first-order chi connectivity index (χ1) is 13.7. The predicted octanol–water partition coefficient (Wildman–Crippen LogP) is 4.99. The molecular formula is C24H22N2OS. The number of amides is 1. The molecule has 0 unspecified atom stereocenters. The Morgan fingerprint density at radius 1 is 0.857 bits per heavy atom. The SMILES string of the molecule is C[C@@H](C(=O)N1C(=S)N[C@@H](c2ccccc2)[C@@H]1c1ccccc1)c1ccccc1. The topological polar surface area (TPSA) is 32.3 Å². The molecule has 28 heavy (non-hydrogen) atoms. The summed E-state index contributed by atoms with van der Waals surface area (Å²) in [6.07, 6.45) is 0. The summed E-state index contributed by atoms with van der Waals surface area (Å²) in [5, 5.41) is 3.87. The molecule has 1 aliphatic heterocycles. The molecule has 0 spiro atoms. The summed E-state index contributed by atoms with van der Waals surface area (Å²) in [5.41, 5.74) is 3.17. The van der Waals surface area contributed by atoms with Crippen LogP contribution in [-0.4, -0.2) is 15.9 Å². The quantitative estimate of drug-likeness (QED) is 0.641. The standard InChI is InChI=1S/C24H22N2OS/c1-17(18-11-5-2-6-12-18)23(27)26-22(20-15-9-4-10-16-20)21(25-24(26)28)19-13-7-3-8-14-19/h2-17,21-22H,1H3,(H,25,28)/t17-,21+,22+/m1/s1. The van der Waals surface area contributed by atoms with Gasteiger partial charge < -0.3 is 5.32 Å². The smallest absolute Gasteiger partial charge is 0.236 e. The minimum atomic E-state index is -0.276. The number of carbonyl (C=O) groups is 1. The molecule has 0 radical (unpaired) electrons. The first-order valence-electron chi connectivity index (χ1n) is 9.45. The van der Waals surface area contributed by atoms with Crippen LogP contribution in [0.3, 0.4) is 0 Å². The Labute approximate surface area is 171 Å². The van der Waals surface area contributed by atoms with E-state index in [1.807, 2.05) is 73.7 Å². The molecule has 140 valence electrons. The number of benzene rings is 3. The molecule has 1 heterocycles. The summed E-state index contributed by atoms with van der Waals surface area (Å²) in [5.74, 6) is -0.266. The number of thiocarbonyl (C=S) groups is 1. The molecule has 3 atom stereocenters. The van der Waals surface area contributed by atoms with E-state index in [4.69, 9.17) is 12.2 Å². The monoisotopic (exact) mass is 386 g/mol. The van der Waals surface area contributed by atoms with E-state index in [0.29, 0.717) is 5.11 Å². The molecule has 0 aliphatic carbocycles. The summed E-state index contributed by atoms with van der Waals surface area (Å²) < 4.78 is 0. The molecule has 1 fully saturated rings. The Morgan fingerprint density at radius 3 is 1.93 bits per heavy atom. The van der Waals surface area contributed by atoms with Crippen LogP contribution in [0.15, 0.2) is 91.0 Å². The van der Waals surface area contributed by atoms with E-state index >= 15 is 0 Å². The van der Waals surface area contributed by atoms with Gasteiger partial charge in [-0.1, -0.05) is 91.0 Å². The second-order valence-electron chi connectivity index (χ2n) is 7.03. The molecule has 0 aromatic heterocycles. The first-order valence-corrected chi connectivity index (χ1v) is 9.86. The van der Waals surface area contributed by atoms with Crippen molar-refractivity contribution >= 4 is 23.2 Å². The molecule has 0 saturated carbocycles. The van der Waals surface area contributed by atoms with Crippen LogP contribution in [0.25, 0.3) is 0 Å². The molecule has 3 aromatic rings. The maximum absolute atomic E-state index is 13.5. The van der Waals surface area contributed by atoms with Gasteiger partial charge in [-0.3, -0.25) is 9.69 Å². The summed E-state index contributed by atoms with van der Waals surface area (Å²) in [4.78, 5) is 15.3. The minimum absolute atomic E-state index is 0.0102. The van der Waals surface area contributed by atoms with Gasteiger partial charge in [0.25, 0.3) is 0 Å². The summed E-state index contributed by atoms with van der Waals surface area (Å²) in [6, 6.07) is 29.9. The fourth-order valence-corrected chi connectivity index (χ4v) is 4.14. The fourth-order valence-electron chi connectivity index (χ4n) is 3.80. The van der Waals surface area contributed by atoms with E-state index in [0.717, 1.165) is 16.7 Å². The van der Waals surface area contributed by atoms with Gasteiger partial charge in [0.1, 0.15) is 0 Å². The molecular weight excluding hydrogens is 364 g/mol. The van der Waals surface area contributed by atoms with Crippen LogP contribution in [0.5, 0.6) is 0 Å². The van der Waals surface area contributed by atoms with E-state index < -0.39 is 0 Å². The number of nitrogens with one attached hydrogen (secondary N) is 1. The van der Waals surface area contributed by atoms with Gasteiger partial charge in [-0.25, -0.2) is 0 Å². The average molecular weight is 387 g/mol. The van der Waals surface area contributed by atoms with E-state index in [1.165, 1.54) is 0 Å². The highest BCUT2D eigenvalue weighted by Crippen LogP contribution is 2.40. The van der Waals surface area contributed by atoms with E-state index in [1.54, 1.807) is 4.90 Å². The molecule has 1 amide bonds. The van der Waals surface area contributed by atoms with Gasteiger partial charge >= 0.3 is 0 Å². The van der Waals surface area contributed by atoms with Gasteiger partial charge in [0.15, 0.2) is 5.11 Å². The number of nitrogens with zero attached hydrogens (tertiary/aromatic N) is 1. The summed E-state index contributed by atoms with van der Waals surface area (Å²) in [7, 11) is 0. The number of carbonyl (C=O) groups excluding carboxylic acids is 1. The van der Waals surface area contributed by atoms with Crippen molar-refractivity contribution in [3.05, 3.63) is 108 Å². The zero-order chi connectivity index (χ0) is 19.5. The molecule has 4 rings (SSSR count). The highest BCUT2D eigenvalue weighted by atomic mass is 32.1. The van der Waals surface area contributed by atoms with Crippen molar-refractivity contribution in [2.75, 3.05) is 0 Å². The summed E-state index contributed by atoms with van der Waals surface area (Å²) >= 11 is 5.63. The lowest BCUT2D eigenvalue weighted by Crippen LogP contribution is -2.38. The van der Waals surface area contributed by atoms with Crippen molar-refractivity contribution in [1.29, 1.82) is 0 Å². The molecule has 1 aliphatic rings. The first kappa shape index (κ1) is 18.4. The van der Waals surface area contributed by atoms with Crippen LogP contribution in [0.2, 0.25) is 0 Å². The lowest BCUT2D eigenvalue weighted by Gasteiger charge is -2.29. The average Bonchev–Trinajstić information content (AvgIpc) is 3.11. The molecule has 4 heteroatoms. The van der Waals surface area contributed by atoms with Gasteiger partial charge in [0.2, 0.25) is 5.91 Å². The lowest BCUT2D eigenvalue weighted by atomic mass is 9.92. The third kappa shape index (κ3) is 3.43. The Bertz CT molecular complexity index is 960.